The summed E-state index contributed by atoms with van der Waals surface area (Å²) in [6.07, 6.45) is 0. The van der Waals surface area contributed by atoms with Crippen LogP contribution in [0.3, 0.4) is 0 Å². The third kappa shape index (κ3) is 1.50. The number of carboxylic acid groups (broad SMARTS) is 1. The molecule has 0 aromatic carbocycles. The molecule has 0 spiro atoms. The van der Waals surface area contributed by atoms with Gasteiger partial charge in [-0.1, -0.05) is 0 Å². The molecule has 1 rings (SSSR count). The van der Waals surface area contributed by atoms with Crippen LogP contribution in [-0.4, -0.2) is 28.3 Å². The molecule has 0 radical (unpaired) electrons. The number of anilines is 1. The highest BCUT2D eigenvalue weighted by atomic mass is 16.4. The fourth-order valence-corrected chi connectivity index (χ4v) is 0.791. The quantitative estimate of drug-likeness (QED) is 0.671. The first-order chi connectivity index (χ1) is 5.65. The molecular formula is C7H9N3O2. The zero-order chi connectivity index (χ0) is 9.14. The Hall–Kier alpha value is -1.65. The van der Waals surface area contributed by atoms with Gasteiger partial charge in [0.25, 0.3) is 0 Å². The van der Waals surface area contributed by atoms with E-state index in [1.807, 2.05) is 0 Å². The van der Waals surface area contributed by atoms with E-state index in [1.165, 1.54) is 6.07 Å². The largest absolute Gasteiger partial charge is 0.478 e. The van der Waals surface area contributed by atoms with Crippen molar-refractivity contribution in [3.8, 4) is 0 Å². The molecule has 0 aliphatic carbocycles. The van der Waals surface area contributed by atoms with Crippen LogP contribution in [0.2, 0.25) is 0 Å². The van der Waals surface area contributed by atoms with Crippen LogP contribution < -0.4 is 5.32 Å². The molecule has 0 atom stereocenters. The van der Waals surface area contributed by atoms with Gasteiger partial charge in [0.1, 0.15) is 5.82 Å². The van der Waals surface area contributed by atoms with Gasteiger partial charge in [0.2, 0.25) is 0 Å². The Morgan fingerprint density at radius 3 is 2.75 bits per heavy atom. The van der Waals surface area contributed by atoms with Crippen molar-refractivity contribution in [1.82, 2.24) is 10.2 Å². The number of aromatic carboxylic acids is 1. The summed E-state index contributed by atoms with van der Waals surface area (Å²) in [5, 5.41) is 18.8. The van der Waals surface area contributed by atoms with Crippen LogP contribution in [0.15, 0.2) is 6.07 Å². The first-order valence-electron chi connectivity index (χ1n) is 3.40. The lowest BCUT2D eigenvalue weighted by molar-refractivity contribution is 0.0695. The van der Waals surface area contributed by atoms with Crippen LogP contribution in [0.4, 0.5) is 5.82 Å². The van der Waals surface area contributed by atoms with Gasteiger partial charge in [-0.15, -0.1) is 5.10 Å². The summed E-state index contributed by atoms with van der Waals surface area (Å²) in [5.74, 6) is -0.531. The van der Waals surface area contributed by atoms with Crippen LogP contribution in [0.5, 0.6) is 0 Å². The predicted molar refractivity (Wildman–Crippen MR) is 43.3 cm³/mol. The smallest absolute Gasteiger partial charge is 0.337 e. The highest BCUT2D eigenvalue weighted by Crippen LogP contribution is 2.08. The number of nitrogens with one attached hydrogen (secondary N) is 1. The Morgan fingerprint density at radius 1 is 1.58 bits per heavy atom. The lowest BCUT2D eigenvalue weighted by atomic mass is 10.2. The Morgan fingerprint density at radius 2 is 2.25 bits per heavy atom. The molecule has 64 valence electrons. The molecule has 0 saturated heterocycles. The molecule has 0 unspecified atom stereocenters. The minimum Gasteiger partial charge on any atom is -0.478 e. The molecule has 5 nitrogen and oxygen atoms in total. The second kappa shape index (κ2) is 3.17. The van der Waals surface area contributed by atoms with E-state index >= 15 is 0 Å². The lowest BCUT2D eigenvalue weighted by Gasteiger charge is -2.01. The fraction of sp³-hybridized carbons (Fsp3) is 0.286. The van der Waals surface area contributed by atoms with Crippen molar-refractivity contribution in [2.75, 3.05) is 12.4 Å². The average molecular weight is 167 g/mol. The number of aromatic nitrogens is 2. The SMILES string of the molecule is CNc1cc(C(=O)O)c(C)nn1. The standard InChI is InChI=1S/C7H9N3O2/c1-4-5(7(11)12)3-6(8-2)10-9-4/h3H,1-2H3,(H,8,10)(H,11,12). The van der Waals surface area contributed by atoms with Crippen molar-refractivity contribution in [3.05, 3.63) is 17.3 Å². The van der Waals surface area contributed by atoms with Gasteiger partial charge in [0.15, 0.2) is 0 Å². The second-order valence-corrected chi connectivity index (χ2v) is 2.28. The van der Waals surface area contributed by atoms with Crippen molar-refractivity contribution < 1.29 is 9.90 Å². The molecule has 1 aromatic heterocycles. The molecule has 0 amide bonds. The van der Waals surface area contributed by atoms with E-state index in [0.717, 1.165) is 0 Å². The van der Waals surface area contributed by atoms with Crippen molar-refractivity contribution >= 4 is 11.8 Å². The van der Waals surface area contributed by atoms with Crippen molar-refractivity contribution in [3.63, 3.8) is 0 Å². The van der Waals surface area contributed by atoms with Crippen LogP contribution in [0.25, 0.3) is 0 Å². The van der Waals surface area contributed by atoms with Gasteiger partial charge >= 0.3 is 5.97 Å². The number of hydrogen-bond acceptors (Lipinski definition) is 4. The summed E-state index contributed by atoms with van der Waals surface area (Å²) >= 11 is 0. The molecule has 0 aliphatic rings. The molecule has 0 aliphatic heterocycles. The van der Waals surface area contributed by atoms with Crippen molar-refractivity contribution in [2.45, 2.75) is 6.92 Å². The maximum Gasteiger partial charge on any atom is 0.337 e. The summed E-state index contributed by atoms with van der Waals surface area (Å²) in [6.45, 7) is 1.61. The van der Waals surface area contributed by atoms with E-state index in [4.69, 9.17) is 5.11 Å². The first kappa shape index (κ1) is 8.45. The van der Waals surface area contributed by atoms with Gasteiger partial charge in [-0.05, 0) is 13.0 Å². The highest BCUT2D eigenvalue weighted by molar-refractivity contribution is 5.89. The van der Waals surface area contributed by atoms with Crippen molar-refractivity contribution in [2.24, 2.45) is 0 Å². The van der Waals surface area contributed by atoms with Crippen LogP contribution >= 0.6 is 0 Å². The molecule has 5 heteroatoms. The van der Waals surface area contributed by atoms with Gasteiger partial charge in [-0.3, -0.25) is 0 Å². The van der Waals surface area contributed by atoms with Crippen LogP contribution in [0.1, 0.15) is 16.1 Å². The molecule has 12 heavy (non-hydrogen) atoms. The fourth-order valence-electron chi connectivity index (χ4n) is 0.791. The van der Waals surface area contributed by atoms with E-state index in [9.17, 15) is 4.79 Å². The van der Waals surface area contributed by atoms with E-state index in [-0.39, 0.29) is 5.56 Å². The summed E-state index contributed by atoms with van der Waals surface area (Å²) in [7, 11) is 1.66. The van der Waals surface area contributed by atoms with Crippen LogP contribution in [0, 0.1) is 6.92 Å². The van der Waals surface area contributed by atoms with Gasteiger partial charge < -0.3 is 10.4 Å². The Labute approximate surface area is 69.4 Å². The topological polar surface area (TPSA) is 75.1 Å². The molecular weight excluding hydrogens is 158 g/mol. The van der Waals surface area contributed by atoms with E-state index in [1.54, 1.807) is 14.0 Å². The maximum atomic E-state index is 10.6. The summed E-state index contributed by atoms with van der Waals surface area (Å²) in [6, 6.07) is 1.45. The third-order valence-corrected chi connectivity index (χ3v) is 1.47. The Balaban J connectivity index is 3.17. The average Bonchev–Trinajstić information content (AvgIpc) is 2.05. The lowest BCUT2D eigenvalue weighted by Crippen LogP contribution is -2.05. The number of nitrogens with zero attached hydrogens (tertiary/aromatic N) is 2. The zero-order valence-electron chi connectivity index (χ0n) is 6.83. The zero-order valence-corrected chi connectivity index (χ0v) is 6.83. The van der Waals surface area contributed by atoms with Gasteiger partial charge in [-0.2, -0.15) is 5.10 Å². The molecule has 0 bridgehead atoms. The van der Waals surface area contributed by atoms with Gasteiger partial charge in [0, 0.05) is 7.05 Å². The van der Waals surface area contributed by atoms with E-state index in [0.29, 0.717) is 11.5 Å². The number of carboxylic acids is 1. The monoisotopic (exact) mass is 167 g/mol. The van der Waals surface area contributed by atoms with E-state index in [2.05, 4.69) is 15.5 Å². The second-order valence-electron chi connectivity index (χ2n) is 2.28. The summed E-state index contributed by atoms with van der Waals surface area (Å²) in [5.41, 5.74) is 0.593. The van der Waals surface area contributed by atoms with Gasteiger partial charge in [0.05, 0.1) is 11.3 Å². The normalized spacial score (nSPS) is 9.50. The highest BCUT2D eigenvalue weighted by Gasteiger charge is 2.08. The predicted octanol–water partition coefficient (Wildman–Crippen LogP) is 0.525. The molecule has 1 heterocycles. The van der Waals surface area contributed by atoms with Crippen LogP contribution in [-0.2, 0) is 0 Å². The minimum absolute atomic E-state index is 0.175. The minimum atomic E-state index is -0.987. The number of aryl methyl sites for hydroxylation is 1. The first-order valence-corrected chi connectivity index (χ1v) is 3.40. The Kier molecular flexibility index (Phi) is 2.23. The number of carbonyl (C=O) groups is 1. The maximum absolute atomic E-state index is 10.6. The molecule has 0 saturated carbocycles. The van der Waals surface area contributed by atoms with E-state index < -0.39 is 5.97 Å². The number of hydrogen-bond donors (Lipinski definition) is 2. The summed E-state index contributed by atoms with van der Waals surface area (Å²) in [4.78, 5) is 10.6. The summed E-state index contributed by atoms with van der Waals surface area (Å²) < 4.78 is 0. The number of rotatable bonds is 2. The Bertz CT molecular complexity index is 312. The molecule has 2 N–H and O–H groups in total. The molecule has 1 aromatic rings. The third-order valence-electron chi connectivity index (χ3n) is 1.47. The molecule has 0 fully saturated rings. The van der Waals surface area contributed by atoms with Gasteiger partial charge in [-0.25, -0.2) is 4.79 Å². The van der Waals surface area contributed by atoms with Crippen molar-refractivity contribution in [1.29, 1.82) is 0 Å².